The van der Waals surface area contributed by atoms with E-state index in [1.807, 2.05) is 6.08 Å². The van der Waals surface area contributed by atoms with Gasteiger partial charge >= 0.3 is 0 Å². The largest absolute Gasteiger partial charge is 0.416 e. The van der Waals surface area contributed by atoms with Crippen molar-refractivity contribution in [3.8, 4) is 0 Å². The second kappa shape index (κ2) is 9.51. The lowest BCUT2D eigenvalue weighted by Crippen LogP contribution is -2.47. The number of hydrogen-bond donors (Lipinski definition) is 0. The van der Waals surface area contributed by atoms with Crippen molar-refractivity contribution in [3.63, 3.8) is 0 Å². The summed E-state index contributed by atoms with van der Waals surface area (Å²) in [5.74, 6) is 0.225. The van der Waals surface area contributed by atoms with Crippen LogP contribution in [-0.4, -0.2) is 20.7 Å². The van der Waals surface area contributed by atoms with Crippen molar-refractivity contribution >= 4 is 14.1 Å². The summed E-state index contributed by atoms with van der Waals surface area (Å²) in [6.07, 6.45) is 6.69. The van der Waals surface area contributed by atoms with E-state index < -0.39 is 8.32 Å². The average Bonchev–Trinajstić information content (AvgIpc) is 2.30. The van der Waals surface area contributed by atoms with Crippen LogP contribution in [0.5, 0.6) is 0 Å². The predicted octanol–water partition coefficient (Wildman–Crippen LogP) is 5.49. The van der Waals surface area contributed by atoms with Gasteiger partial charge < -0.3 is 4.43 Å². The summed E-state index contributed by atoms with van der Waals surface area (Å²) in [5.41, 5.74) is 1.95. The summed E-state index contributed by atoms with van der Waals surface area (Å²) in [7, 11) is -1.69. The maximum absolute atomic E-state index is 10.8. The Balaban J connectivity index is 4.29. The van der Waals surface area contributed by atoms with Crippen LogP contribution < -0.4 is 0 Å². The topological polar surface area (TPSA) is 26.3 Å². The third-order valence-corrected chi connectivity index (χ3v) is 10.3. The minimum absolute atomic E-state index is 0.225. The minimum atomic E-state index is -1.69. The first kappa shape index (κ1) is 19.6. The molecule has 118 valence electrons. The summed E-state index contributed by atoms with van der Waals surface area (Å²) in [6.45, 7) is 16.4. The van der Waals surface area contributed by atoms with Crippen LogP contribution in [0.15, 0.2) is 12.2 Å². The fourth-order valence-corrected chi connectivity index (χ4v) is 8.82. The molecule has 0 spiro atoms. The van der Waals surface area contributed by atoms with Crippen molar-refractivity contribution in [1.29, 1.82) is 0 Å². The van der Waals surface area contributed by atoms with Crippen molar-refractivity contribution in [1.82, 2.24) is 0 Å². The molecular weight excluding hydrogens is 264 g/mol. The van der Waals surface area contributed by atoms with Crippen LogP contribution in [0.4, 0.5) is 0 Å². The minimum Gasteiger partial charge on any atom is -0.416 e. The molecule has 0 fully saturated rings. The molecular formula is C17H34O2Si. The number of Topliss-reactive ketones (excluding diaryl/α,β-unsaturated/α-hetero) is 1. The fraction of sp³-hybridized carbons (Fsp3) is 0.824. The number of ketones is 1. The monoisotopic (exact) mass is 298 g/mol. The molecule has 0 rings (SSSR count). The highest BCUT2D eigenvalue weighted by molar-refractivity contribution is 6.77. The predicted molar refractivity (Wildman–Crippen MR) is 90.7 cm³/mol. The molecule has 0 aliphatic carbocycles. The number of carbonyl (C=O) groups is 1. The van der Waals surface area contributed by atoms with Crippen LogP contribution in [0.3, 0.4) is 0 Å². The highest BCUT2D eigenvalue weighted by Crippen LogP contribution is 2.42. The Labute approximate surface area is 127 Å². The van der Waals surface area contributed by atoms with Gasteiger partial charge in [0.25, 0.3) is 0 Å². The normalized spacial score (nSPS) is 13.1. The number of hydrogen-bond acceptors (Lipinski definition) is 2. The smallest absolute Gasteiger partial charge is 0.200 e. The molecule has 0 bridgehead atoms. The number of carbonyl (C=O) groups excluding carboxylic acids is 1. The maximum Gasteiger partial charge on any atom is 0.200 e. The standard InChI is InChI=1S/C17H34O2Si/c1-14(2)20(15(3)4,16(5)6)19-13-11-9-8-10-12-17(7)18/h8,10,14-16H,9,11-13H2,1-7H3. The molecule has 0 aliphatic heterocycles. The molecule has 0 saturated heterocycles. The van der Waals surface area contributed by atoms with E-state index in [1.165, 1.54) is 0 Å². The zero-order valence-electron chi connectivity index (χ0n) is 14.5. The Morgan fingerprint density at radius 1 is 1.00 bits per heavy atom. The van der Waals surface area contributed by atoms with E-state index in [9.17, 15) is 4.79 Å². The Morgan fingerprint density at radius 2 is 1.50 bits per heavy atom. The van der Waals surface area contributed by atoms with Crippen LogP contribution in [0, 0.1) is 0 Å². The van der Waals surface area contributed by atoms with Gasteiger partial charge in [-0.25, -0.2) is 0 Å². The first-order chi connectivity index (χ1) is 9.25. The van der Waals surface area contributed by atoms with Crippen LogP contribution in [0.2, 0.25) is 16.6 Å². The molecule has 0 aliphatic rings. The van der Waals surface area contributed by atoms with Gasteiger partial charge in [0.15, 0.2) is 8.32 Å². The molecule has 0 aromatic rings. The molecule has 0 saturated carbocycles. The van der Waals surface area contributed by atoms with Crippen LogP contribution in [0.25, 0.3) is 0 Å². The van der Waals surface area contributed by atoms with Gasteiger partial charge in [-0.2, -0.15) is 0 Å². The van der Waals surface area contributed by atoms with Crippen LogP contribution in [0.1, 0.15) is 67.7 Å². The first-order valence-corrected chi connectivity index (χ1v) is 10.2. The second-order valence-corrected chi connectivity index (χ2v) is 12.1. The van der Waals surface area contributed by atoms with E-state index in [1.54, 1.807) is 6.92 Å². The van der Waals surface area contributed by atoms with Crippen molar-refractivity contribution in [3.05, 3.63) is 12.2 Å². The van der Waals surface area contributed by atoms with E-state index in [0.717, 1.165) is 19.4 Å². The van der Waals surface area contributed by atoms with E-state index in [0.29, 0.717) is 23.0 Å². The Hall–Kier alpha value is -0.413. The molecule has 20 heavy (non-hydrogen) atoms. The molecule has 0 unspecified atom stereocenters. The lowest BCUT2D eigenvalue weighted by Gasteiger charge is -2.42. The van der Waals surface area contributed by atoms with Crippen LogP contribution in [-0.2, 0) is 9.22 Å². The third-order valence-electron chi connectivity index (χ3n) is 4.15. The van der Waals surface area contributed by atoms with E-state index in [4.69, 9.17) is 4.43 Å². The van der Waals surface area contributed by atoms with Gasteiger partial charge in [-0.05, 0) is 36.4 Å². The van der Waals surface area contributed by atoms with Crippen molar-refractivity contribution in [2.75, 3.05) is 6.61 Å². The molecule has 0 heterocycles. The zero-order valence-corrected chi connectivity index (χ0v) is 15.5. The summed E-state index contributed by atoms with van der Waals surface area (Å²) < 4.78 is 6.48. The fourth-order valence-electron chi connectivity index (χ4n) is 3.32. The number of rotatable bonds is 10. The molecule has 0 N–H and O–H groups in total. The quantitative estimate of drug-likeness (QED) is 0.303. The Morgan fingerprint density at radius 3 is 1.90 bits per heavy atom. The zero-order chi connectivity index (χ0) is 15.8. The lowest BCUT2D eigenvalue weighted by atomic mass is 10.2. The third kappa shape index (κ3) is 5.92. The average molecular weight is 299 g/mol. The molecule has 0 aromatic heterocycles. The van der Waals surface area contributed by atoms with Gasteiger partial charge in [0.05, 0.1) is 0 Å². The summed E-state index contributed by atoms with van der Waals surface area (Å²) >= 11 is 0. The van der Waals surface area contributed by atoms with Gasteiger partial charge in [0, 0.05) is 13.0 Å². The van der Waals surface area contributed by atoms with Gasteiger partial charge in [0.1, 0.15) is 5.78 Å². The van der Waals surface area contributed by atoms with E-state index >= 15 is 0 Å². The van der Waals surface area contributed by atoms with Crippen molar-refractivity contribution < 1.29 is 9.22 Å². The van der Waals surface area contributed by atoms with Gasteiger partial charge in [0.2, 0.25) is 0 Å². The first-order valence-electron chi connectivity index (χ1n) is 8.03. The highest BCUT2D eigenvalue weighted by atomic mass is 28.4. The molecule has 0 amide bonds. The second-order valence-electron chi connectivity index (χ2n) is 6.69. The summed E-state index contributed by atoms with van der Waals surface area (Å²) in [5, 5.41) is 0. The number of allylic oxidation sites excluding steroid dienone is 2. The maximum atomic E-state index is 10.8. The Bertz CT molecular complexity index is 284. The Kier molecular flexibility index (Phi) is 9.31. The summed E-state index contributed by atoms with van der Waals surface area (Å²) in [6, 6.07) is 0. The molecule has 2 nitrogen and oxygen atoms in total. The molecule has 0 radical (unpaired) electrons. The SMILES string of the molecule is CC(=O)CC=CCCCO[Si](C(C)C)(C(C)C)C(C)C. The molecule has 0 atom stereocenters. The van der Waals surface area contributed by atoms with Gasteiger partial charge in [-0.15, -0.1) is 0 Å². The van der Waals surface area contributed by atoms with Crippen LogP contribution >= 0.6 is 0 Å². The van der Waals surface area contributed by atoms with Crippen molar-refractivity contribution in [2.45, 2.75) is 84.4 Å². The van der Waals surface area contributed by atoms with E-state index in [2.05, 4.69) is 47.6 Å². The van der Waals surface area contributed by atoms with Gasteiger partial charge in [-0.3, -0.25) is 4.79 Å². The van der Waals surface area contributed by atoms with Gasteiger partial charge in [-0.1, -0.05) is 53.7 Å². The summed E-state index contributed by atoms with van der Waals surface area (Å²) in [4.78, 5) is 10.8. The lowest BCUT2D eigenvalue weighted by molar-refractivity contribution is -0.116. The van der Waals surface area contributed by atoms with Crippen molar-refractivity contribution in [2.24, 2.45) is 0 Å². The molecule has 0 aromatic carbocycles. The van der Waals surface area contributed by atoms with E-state index in [-0.39, 0.29) is 5.78 Å². The highest BCUT2D eigenvalue weighted by Gasteiger charge is 2.44. The molecule has 3 heteroatoms. The number of unbranched alkanes of at least 4 members (excludes halogenated alkanes) is 1.